The van der Waals surface area contributed by atoms with Crippen LogP contribution < -0.4 is 11.3 Å². The first kappa shape index (κ1) is 18.7. The van der Waals surface area contributed by atoms with Crippen molar-refractivity contribution in [2.75, 3.05) is 18.8 Å². The van der Waals surface area contributed by atoms with Crippen LogP contribution in [0.5, 0.6) is 0 Å². The molecule has 0 aliphatic carbocycles. The molecule has 0 bridgehead atoms. The lowest BCUT2D eigenvalue weighted by Gasteiger charge is -2.34. The van der Waals surface area contributed by atoms with Crippen LogP contribution >= 0.6 is 15.9 Å². The monoisotopic (exact) mass is 422 g/mol. The Kier molecular flexibility index (Phi) is 4.96. The molecule has 0 atom stereocenters. The summed E-state index contributed by atoms with van der Waals surface area (Å²) in [5, 5.41) is 0.435. The Balaban J connectivity index is 1.79. The molecule has 1 fully saturated rings. The van der Waals surface area contributed by atoms with Crippen molar-refractivity contribution in [3.8, 4) is 0 Å². The molecule has 2 N–H and O–H groups in total. The maximum absolute atomic E-state index is 12.9. The van der Waals surface area contributed by atoms with Gasteiger partial charge in [-0.2, -0.15) is 0 Å². The third-order valence-corrected chi connectivity index (χ3v) is 4.85. The first-order valence-corrected chi connectivity index (χ1v) is 9.39. The summed E-state index contributed by atoms with van der Waals surface area (Å²) in [7, 11) is 0. The SMILES string of the molecule is CC(C)(C)OC(=O)N1CCC(n2cnc3cc(Br)cc(N)c3c2=O)CC1. The van der Waals surface area contributed by atoms with Gasteiger partial charge in [0.15, 0.2) is 0 Å². The van der Waals surface area contributed by atoms with Crippen LogP contribution in [0.3, 0.4) is 0 Å². The van der Waals surface area contributed by atoms with Crippen LogP contribution in [0, 0.1) is 0 Å². The van der Waals surface area contributed by atoms with Gasteiger partial charge in [0.1, 0.15) is 5.60 Å². The number of nitrogens with two attached hydrogens (primary N) is 1. The third kappa shape index (κ3) is 3.85. The van der Waals surface area contributed by atoms with Crippen molar-refractivity contribution in [1.82, 2.24) is 14.5 Å². The minimum absolute atomic E-state index is 0.0128. The Morgan fingerprint density at radius 3 is 2.58 bits per heavy atom. The van der Waals surface area contributed by atoms with Crippen molar-refractivity contribution in [2.45, 2.75) is 45.3 Å². The second-order valence-corrected chi connectivity index (χ2v) is 8.46. The van der Waals surface area contributed by atoms with Gasteiger partial charge in [-0.25, -0.2) is 9.78 Å². The van der Waals surface area contributed by atoms with Crippen molar-refractivity contribution in [3.05, 3.63) is 33.3 Å². The predicted molar refractivity (Wildman–Crippen MR) is 104 cm³/mol. The van der Waals surface area contributed by atoms with Crippen molar-refractivity contribution in [2.24, 2.45) is 0 Å². The molecule has 1 saturated heterocycles. The summed E-state index contributed by atoms with van der Waals surface area (Å²) in [6.45, 7) is 6.63. The maximum Gasteiger partial charge on any atom is 0.410 e. The van der Waals surface area contributed by atoms with Crippen LogP contribution in [-0.2, 0) is 4.74 Å². The van der Waals surface area contributed by atoms with E-state index in [1.54, 1.807) is 27.9 Å². The average molecular weight is 423 g/mol. The largest absolute Gasteiger partial charge is 0.444 e. The normalized spacial score (nSPS) is 16.1. The number of nitrogens with zero attached hydrogens (tertiary/aromatic N) is 3. The highest BCUT2D eigenvalue weighted by Gasteiger charge is 2.28. The van der Waals surface area contributed by atoms with E-state index < -0.39 is 5.60 Å². The summed E-state index contributed by atoms with van der Waals surface area (Å²) in [4.78, 5) is 31.1. The number of aromatic nitrogens is 2. The van der Waals surface area contributed by atoms with Crippen LogP contribution in [0.25, 0.3) is 10.9 Å². The lowest BCUT2D eigenvalue weighted by molar-refractivity contribution is 0.0187. The zero-order valence-corrected chi connectivity index (χ0v) is 16.7. The second kappa shape index (κ2) is 6.90. The summed E-state index contributed by atoms with van der Waals surface area (Å²) >= 11 is 3.37. The highest BCUT2D eigenvalue weighted by molar-refractivity contribution is 9.10. The fourth-order valence-electron chi connectivity index (χ4n) is 3.17. The van der Waals surface area contributed by atoms with Gasteiger partial charge in [-0.3, -0.25) is 9.36 Å². The van der Waals surface area contributed by atoms with Gasteiger partial charge in [-0.15, -0.1) is 0 Å². The van der Waals surface area contributed by atoms with Crippen LogP contribution in [0.2, 0.25) is 0 Å². The van der Waals surface area contributed by atoms with Gasteiger partial charge < -0.3 is 15.4 Å². The molecule has 2 aromatic rings. The number of fused-ring (bicyclic) bond motifs is 1. The Morgan fingerprint density at radius 1 is 1.31 bits per heavy atom. The first-order valence-electron chi connectivity index (χ1n) is 8.59. The molecule has 1 aromatic heterocycles. The highest BCUT2D eigenvalue weighted by Crippen LogP contribution is 2.26. The number of carbonyl (C=O) groups excluding carboxylic acids is 1. The number of likely N-dealkylation sites (tertiary alicyclic amines) is 1. The number of nitrogen functional groups attached to an aromatic ring is 1. The zero-order valence-electron chi connectivity index (χ0n) is 15.2. The average Bonchev–Trinajstić information content (AvgIpc) is 2.53. The Hall–Kier alpha value is -2.09. The van der Waals surface area contributed by atoms with E-state index >= 15 is 0 Å². The molecular weight excluding hydrogens is 400 g/mol. The quantitative estimate of drug-likeness (QED) is 0.711. The number of carbonyl (C=O) groups is 1. The fraction of sp³-hybridized carbons (Fsp3) is 0.500. The van der Waals surface area contributed by atoms with Gasteiger partial charge in [-0.1, -0.05) is 15.9 Å². The zero-order chi connectivity index (χ0) is 19.1. The summed E-state index contributed by atoms with van der Waals surface area (Å²) < 4.78 is 7.84. The molecule has 1 amide bonds. The van der Waals surface area contributed by atoms with Crippen LogP contribution in [0.15, 0.2) is 27.7 Å². The minimum Gasteiger partial charge on any atom is -0.444 e. The van der Waals surface area contributed by atoms with Gasteiger partial charge in [0.25, 0.3) is 5.56 Å². The highest BCUT2D eigenvalue weighted by atomic mass is 79.9. The molecule has 0 saturated carbocycles. The number of piperidine rings is 1. The molecule has 0 spiro atoms. The molecule has 140 valence electrons. The molecule has 0 unspecified atom stereocenters. The lowest BCUT2D eigenvalue weighted by atomic mass is 10.0. The van der Waals surface area contributed by atoms with Gasteiger partial charge in [0.2, 0.25) is 0 Å². The second-order valence-electron chi connectivity index (χ2n) is 7.54. The Bertz CT molecular complexity index is 896. The van der Waals surface area contributed by atoms with E-state index in [1.165, 1.54) is 0 Å². The van der Waals surface area contributed by atoms with Crippen LogP contribution in [0.4, 0.5) is 10.5 Å². The van der Waals surface area contributed by atoms with Gasteiger partial charge in [0, 0.05) is 29.3 Å². The van der Waals surface area contributed by atoms with Crippen molar-refractivity contribution >= 4 is 38.6 Å². The number of hydrogen-bond donors (Lipinski definition) is 1. The number of ether oxygens (including phenoxy) is 1. The molecule has 3 rings (SSSR count). The summed E-state index contributed by atoms with van der Waals surface area (Å²) in [6.07, 6.45) is 2.60. The van der Waals surface area contributed by atoms with Crippen LogP contribution in [-0.4, -0.2) is 39.2 Å². The van der Waals surface area contributed by atoms with E-state index in [4.69, 9.17) is 10.5 Å². The summed E-state index contributed by atoms with van der Waals surface area (Å²) in [5.41, 5.74) is 6.35. The van der Waals surface area contributed by atoms with E-state index in [-0.39, 0.29) is 17.7 Å². The minimum atomic E-state index is -0.515. The third-order valence-electron chi connectivity index (χ3n) is 4.39. The molecule has 26 heavy (non-hydrogen) atoms. The number of amides is 1. The topological polar surface area (TPSA) is 90.4 Å². The maximum atomic E-state index is 12.9. The molecule has 0 radical (unpaired) electrons. The number of anilines is 1. The molecule has 1 aliphatic rings. The first-order chi connectivity index (χ1) is 12.2. The van der Waals surface area contributed by atoms with Gasteiger partial charge >= 0.3 is 6.09 Å². The van der Waals surface area contributed by atoms with Crippen molar-refractivity contribution in [3.63, 3.8) is 0 Å². The van der Waals surface area contributed by atoms with E-state index in [0.717, 1.165) is 4.47 Å². The number of hydrogen-bond acceptors (Lipinski definition) is 5. The molecule has 1 aromatic carbocycles. The molecule has 1 aliphatic heterocycles. The van der Waals surface area contributed by atoms with E-state index in [9.17, 15) is 9.59 Å². The lowest BCUT2D eigenvalue weighted by Crippen LogP contribution is -2.43. The summed E-state index contributed by atoms with van der Waals surface area (Å²) in [5.74, 6) is 0. The van der Waals surface area contributed by atoms with Gasteiger partial charge in [-0.05, 0) is 45.7 Å². The molecule has 8 heteroatoms. The predicted octanol–water partition coefficient (Wildman–Crippen LogP) is 3.31. The number of benzene rings is 1. The molecule has 7 nitrogen and oxygen atoms in total. The summed E-state index contributed by atoms with van der Waals surface area (Å²) in [6, 6.07) is 3.48. The standard InChI is InChI=1S/C18H23BrN4O3/c1-18(2,3)26-17(25)22-6-4-12(5-7-22)23-10-21-14-9-11(19)8-13(20)15(14)16(23)24/h8-10,12H,4-7,20H2,1-3H3. The van der Waals surface area contributed by atoms with Crippen LogP contribution in [0.1, 0.15) is 39.7 Å². The van der Waals surface area contributed by atoms with E-state index in [1.807, 2.05) is 20.8 Å². The van der Waals surface area contributed by atoms with E-state index in [0.29, 0.717) is 42.5 Å². The molecular formula is C18H23BrN4O3. The fourth-order valence-corrected chi connectivity index (χ4v) is 3.63. The van der Waals surface area contributed by atoms with Crippen molar-refractivity contribution in [1.29, 1.82) is 0 Å². The van der Waals surface area contributed by atoms with E-state index in [2.05, 4.69) is 20.9 Å². The molecule has 2 heterocycles. The smallest absolute Gasteiger partial charge is 0.410 e. The number of halogens is 1. The Morgan fingerprint density at radius 2 is 1.96 bits per heavy atom. The number of rotatable bonds is 1. The van der Waals surface area contributed by atoms with Crippen molar-refractivity contribution < 1.29 is 9.53 Å². The van der Waals surface area contributed by atoms with Gasteiger partial charge in [0.05, 0.1) is 17.2 Å². The Labute approximate surface area is 160 Å².